The van der Waals surface area contributed by atoms with Crippen molar-refractivity contribution in [1.29, 1.82) is 0 Å². The number of anilines is 1. The van der Waals surface area contributed by atoms with Crippen molar-refractivity contribution >= 4 is 16.6 Å². The molecule has 0 atom stereocenters. The summed E-state index contributed by atoms with van der Waals surface area (Å²) in [5.74, 6) is 0. The minimum Gasteiger partial charge on any atom is -0.388 e. The van der Waals surface area contributed by atoms with E-state index in [9.17, 15) is 4.79 Å². The largest absolute Gasteiger partial charge is 0.388 e. The van der Waals surface area contributed by atoms with Crippen molar-refractivity contribution in [2.75, 3.05) is 12.4 Å². The summed E-state index contributed by atoms with van der Waals surface area (Å²) in [5.41, 5.74) is 2.45. The highest BCUT2D eigenvalue weighted by atomic mass is 16.1. The molecule has 0 saturated heterocycles. The first-order valence-electron chi connectivity index (χ1n) is 6.35. The van der Waals surface area contributed by atoms with Gasteiger partial charge in [0.1, 0.15) is 0 Å². The summed E-state index contributed by atoms with van der Waals surface area (Å²) in [6, 6.07) is 11.1. The van der Waals surface area contributed by atoms with E-state index in [0.29, 0.717) is 17.4 Å². The number of hydrogen-bond acceptors (Lipinski definition) is 4. The lowest BCUT2D eigenvalue weighted by Gasteiger charge is -2.07. The van der Waals surface area contributed by atoms with Crippen LogP contribution in [0.25, 0.3) is 10.9 Å². The van der Waals surface area contributed by atoms with E-state index in [1.54, 1.807) is 23.2 Å². The van der Waals surface area contributed by atoms with Gasteiger partial charge in [0, 0.05) is 18.9 Å². The van der Waals surface area contributed by atoms with Gasteiger partial charge in [-0.2, -0.15) is 0 Å². The summed E-state index contributed by atoms with van der Waals surface area (Å²) < 4.78 is 1.57. The third kappa shape index (κ3) is 2.25. The van der Waals surface area contributed by atoms with Crippen LogP contribution in [0.4, 0.5) is 5.69 Å². The fraction of sp³-hybridized carbons (Fsp3) is 0.133. The number of pyridine rings is 1. The number of rotatable bonds is 3. The summed E-state index contributed by atoms with van der Waals surface area (Å²) in [7, 11) is 1.85. The van der Waals surface area contributed by atoms with E-state index in [4.69, 9.17) is 0 Å². The van der Waals surface area contributed by atoms with Crippen LogP contribution in [0.5, 0.6) is 0 Å². The highest BCUT2D eigenvalue weighted by Gasteiger charge is 2.05. The number of aromatic nitrogens is 3. The van der Waals surface area contributed by atoms with Crippen LogP contribution in [0.3, 0.4) is 0 Å². The van der Waals surface area contributed by atoms with E-state index in [1.807, 2.05) is 37.4 Å². The normalized spacial score (nSPS) is 10.7. The van der Waals surface area contributed by atoms with Crippen LogP contribution in [0, 0.1) is 0 Å². The lowest BCUT2D eigenvalue weighted by molar-refractivity contribution is 0.730. The van der Waals surface area contributed by atoms with E-state index in [-0.39, 0.29) is 5.56 Å². The SMILES string of the molecule is CNc1ccnc(Cn2cnc3ccccc3c2=O)c1. The lowest BCUT2D eigenvalue weighted by Crippen LogP contribution is -2.21. The third-order valence-electron chi connectivity index (χ3n) is 3.17. The maximum atomic E-state index is 12.4. The van der Waals surface area contributed by atoms with Crippen LogP contribution in [-0.4, -0.2) is 21.6 Å². The Morgan fingerprint density at radius 2 is 2.05 bits per heavy atom. The molecule has 0 aliphatic rings. The first kappa shape index (κ1) is 12.3. The van der Waals surface area contributed by atoms with Gasteiger partial charge in [-0.15, -0.1) is 0 Å². The van der Waals surface area contributed by atoms with Crippen molar-refractivity contribution in [3.8, 4) is 0 Å². The summed E-state index contributed by atoms with van der Waals surface area (Å²) in [6.07, 6.45) is 3.29. The Morgan fingerprint density at radius 1 is 1.20 bits per heavy atom. The average Bonchev–Trinajstić information content (AvgIpc) is 2.50. The molecule has 0 saturated carbocycles. The molecule has 1 N–H and O–H groups in total. The van der Waals surface area contributed by atoms with Crippen molar-refractivity contribution in [3.05, 3.63) is 65.0 Å². The van der Waals surface area contributed by atoms with Gasteiger partial charge in [0.25, 0.3) is 5.56 Å². The molecule has 0 fully saturated rings. The molecule has 0 amide bonds. The number of hydrogen-bond donors (Lipinski definition) is 1. The Morgan fingerprint density at radius 3 is 2.90 bits per heavy atom. The molecule has 0 aliphatic heterocycles. The predicted octanol–water partition coefficient (Wildman–Crippen LogP) is 1.88. The molecule has 2 heterocycles. The number of benzene rings is 1. The molecule has 0 bridgehead atoms. The molecule has 3 rings (SSSR count). The van der Waals surface area contributed by atoms with Gasteiger partial charge in [-0.1, -0.05) is 12.1 Å². The maximum Gasteiger partial charge on any atom is 0.261 e. The summed E-state index contributed by atoms with van der Waals surface area (Å²) in [4.78, 5) is 20.9. The molecule has 0 unspecified atom stereocenters. The van der Waals surface area contributed by atoms with Gasteiger partial charge in [-0.25, -0.2) is 4.98 Å². The molecule has 0 spiro atoms. The van der Waals surface area contributed by atoms with Crippen LogP contribution in [-0.2, 0) is 6.54 Å². The molecule has 20 heavy (non-hydrogen) atoms. The zero-order valence-electron chi connectivity index (χ0n) is 11.1. The second kappa shape index (κ2) is 5.13. The van der Waals surface area contributed by atoms with Crippen LogP contribution in [0.15, 0.2) is 53.7 Å². The lowest BCUT2D eigenvalue weighted by atomic mass is 10.2. The molecule has 1 aromatic carbocycles. The minimum atomic E-state index is -0.0488. The third-order valence-corrected chi connectivity index (χ3v) is 3.17. The smallest absolute Gasteiger partial charge is 0.261 e. The van der Waals surface area contributed by atoms with Crippen molar-refractivity contribution in [2.45, 2.75) is 6.54 Å². The standard InChI is InChI=1S/C15H14N4O/c1-16-11-6-7-17-12(8-11)9-19-10-18-14-5-3-2-4-13(14)15(19)20/h2-8,10H,9H2,1H3,(H,16,17). The molecular formula is C15H14N4O. The van der Waals surface area contributed by atoms with Gasteiger partial charge < -0.3 is 5.32 Å². The van der Waals surface area contributed by atoms with Gasteiger partial charge in [0.2, 0.25) is 0 Å². The van der Waals surface area contributed by atoms with Crippen molar-refractivity contribution in [2.24, 2.45) is 0 Å². The number of nitrogens with zero attached hydrogens (tertiary/aromatic N) is 3. The topological polar surface area (TPSA) is 59.8 Å². The fourth-order valence-electron chi connectivity index (χ4n) is 2.11. The molecule has 0 radical (unpaired) electrons. The number of nitrogens with one attached hydrogen (secondary N) is 1. The maximum absolute atomic E-state index is 12.4. The molecule has 0 aliphatic carbocycles. The van der Waals surface area contributed by atoms with E-state index < -0.39 is 0 Å². The van der Waals surface area contributed by atoms with E-state index in [2.05, 4.69) is 15.3 Å². The van der Waals surface area contributed by atoms with Crippen LogP contribution in [0.2, 0.25) is 0 Å². The number of para-hydroxylation sites is 1. The Labute approximate surface area is 115 Å². The zero-order chi connectivity index (χ0) is 13.9. The van der Waals surface area contributed by atoms with Gasteiger partial charge in [-0.3, -0.25) is 14.3 Å². The predicted molar refractivity (Wildman–Crippen MR) is 78.9 cm³/mol. The minimum absolute atomic E-state index is 0.0488. The zero-order valence-corrected chi connectivity index (χ0v) is 11.1. The Balaban J connectivity index is 2.02. The second-order valence-electron chi connectivity index (χ2n) is 4.48. The highest BCUT2D eigenvalue weighted by molar-refractivity contribution is 5.76. The summed E-state index contributed by atoms with van der Waals surface area (Å²) in [6.45, 7) is 0.409. The van der Waals surface area contributed by atoms with Crippen LogP contribution < -0.4 is 10.9 Å². The Kier molecular flexibility index (Phi) is 3.16. The van der Waals surface area contributed by atoms with E-state index in [0.717, 1.165) is 11.4 Å². The quantitative estimate of drug-likeness (QED) is 0.786. The Hall–Kier alpha value is -2.69. The van der Waals surface area contributed by atoms with Crippen molar-refractivity contribution in [3.63, 3.8) is 0 Å². The monoisotopic (exact) mass is 266 g/mol. The fourth-order valence-corrected chi connectivity index (χ4v) is 2.11. The Bertz CT molecular complexity index is 810. The number of fused-ring (bicyclic) bond motifs is 1. The van der Waals surface area contributed by atoms with Gasteiger partial charge >= 0.3 is 0 Å². The first-order valence-corrected chi connectivity index (χ1v) is 6.35. The van der Waals surface area contributed by atoms with Crippen molar-refractivity contribution in [1.82, 2.24) is 14.5 Å². The molecule has 3 aromatic rings. The molecule has 2 aromatic heterocycles. The molecule has 100 valence electrons. The molecular weight excluding hydrogens is 252 g/mol. The van der Waals surface area contributed by atoms with E-state index >= 15 is 0 Å². The molecule has 5 nitrogen and oxygen atoms in total. The average molecular weight is 266 g/mol. The van der Waals surface area contributed by atoms with E-state index in [1.165, 1.54) is 0 Å². The van der Waals surface area contributed by atoms with Crippen LogP contribution >= 0.6 is 0 Å². The van der Waals surface area contributed by atoms with Gasteiger partial charge in [0.15, 0.2) is 0 Å². The van der Waals surface area contributed by atoms with Crippen molar-refractivity contribution < 1.29 is 0 Å². The highest BCUT2D eigenvalue weighted by Crippen LogP contribution is 2.09. The molecule has 5 heteroatoms. The summed E-state index contributed by atoms with van der Waals surface area (Å²) >= 11 is 0. The van der Waals surface area contributed by atoms with Crippen LogP contribution in [0.1, 0.15) is 5.69 Å². The second-order valence-corrected chi connectivity index (χ2v) is 4.48. The summed E-state index contributed by atoms with van der Waals surface area (Å²) in [5, 5.41) is 3.68. The van der Waals surface area contributed by atoms with Gasteiger partial charge in [0.05, 0.1) is 29.5 Å². The first-order chi connectivity index (χ1) is 9.78. The van der Waals surface area contributed by atoms with Gasteiger partial charge in [-0.05, 0) is 24.3 Å².